The van der Waals surface area contributed by atoms with Gasteiger partial charge in [-0.1, -0.05) is 0 Å². The number of nitrogens with zero attached hydrogens (tertiary/aromatic N) is 1. The minimum absolute atomic E-state index is 0.0226. The normalized spacial score (nSPS) is 10.5. The molecular weight excluding hydrogens is 321 g/mol. The molecule has 0 saturated carbocycles. The molecule has 1 aromatic heterocycles. The molecule has 1 aromatic rings. The first-order valence-electron chi connectivity index (χ1n) is 3.79. The number of methoxy groups -OCH3 is 1. The number of nitrogens with two attached hydrogens (primary N) is 1. The number of carbonyl (C=O) groups is 1. The highest BCUT2D eigenvalue weighted by Gasteiger charge is 2.22. The van der Waals surface area contributed by atoms with Crippen molar-refractivity contribution in [3.8, 4) is 5.75 Å². The summed E-state index contributed by atoms with van der Waals surface area (Å²) >= 11 is 1.60. The number of aromatic nitrogens is 1. The van der Waals surface area contributed by atoms with Crippen molar-refractivity contribution in [3.63, 3.8) is 0 Å². The summed E-state index contributed by atoms with van der Waals surface area (Å²) in [6, 6.07) is 0. The number of pyridine rings is 1. The second-order valence-electron chi connectivity index (χ2n) is 2.57. The molecule has 4 nitrogen and oxygen atoms in total. The van der Waals surface area contributed by atoms with E-state index in [4.69, 9.17) is 10.5 Å². The zero-order chi connectivity index (χ0) is 11.6. The Bertz CT molecular complexity index is 398. The van der Waals surface area contributed by atoms with E-state index in [-0.39, 0.29) is 14.9 Å². The van der Waals surface area contributed by atoms with Gasteiger partial charge in [0.05, 0.1) is 22.4 Å². The Balaban J connectivity index is 3.42. The third-order valence-corrected chi connectivity index (χ3v) is 2.78. The van der Waals surface area contributed by atoms with E-state index in [0.717, 1.165) is 6.20 Å². The van der Waals surface area contributed by atoms with Crippen LogP contribution in [0.2, 0.25) is 0 Å². The van der Waals surface area contributed by atoms with Crippen LogP contribution in [0.3, 0.4) is 0 Å². The Labute approximate surface area is 98.0 Å². The summed E-state index contributed by atoms with van der Waals surface area (Å²) in [4.78, 5) is 14.5. The van der Waals surface area contributed by atoms with Crippen LogP contribution in [-0.2, 0) is 0 Å². The van der Waals surface area contributed by atoms with Crippen molar-refractivity contribution in [2.24, 2.45) is 5.73 Å². The van der Waals surface area contributed by atoms with Crippen molar-refractivity contribution >= 4 is 28.5 Å². The lowest BCUT2D eigenvalue weighted by atomic mass is 10.2. The fourth-order valence-electron chi connectivity index (χ4n) is 1.02. The molecule has 0 saturated heterocycles. The number of alkyl halides is 2. The van der Waals surface area contributed by atoms with E-state index in [1.807, 2.05) is 0 Å². The molecule has 1 rings (SSSR count). The Kier molecular flexibility index (Phi) is 3.77. The van der Waals surface area contributed by atoms with Gasteiger partial charge in [-0.15, -0.1) is 0 Å². The molecule has 15 heavy (non-hydrogen) atoms. The second-order valence-corrected chi connectivity index (χ2v) is 3.64. The van der Waals surface area contributed by atoms with Crippen LogP contribution in [0.15, 0.2) is 6.20 Å². The average Bonchev–Trinajstić information content (AvgIpc) is 2.15. The largest absolute Gasteiger partial charge is 0.494 e. The van der Waals surface area contributed by atoms with Gasteiger partial charge >= 0.3 is 0 Å². The van der Waals surface area contributed by atoms with E-state index < -0.39 is 18.0 Å². The summed E-state index contributed by atoms with van der Waals surface area (Å²) in [5.74, 6) is -0.725. The van der Waals surface area contributed by atoms with Crippen molar-refractivity contribution in [2.45, 2.75) is 6.43 Å². The molecule has 0 aliphatic rings. The molecule has 0 fully saturated rings. The van der Waals surface area contributed by atoms with Crippen LogP contribution < -0.4 is 10.5 Å². The van der Waals surface area contributed by atoms with Crippen LogP contribution >= 0.6 is 22.6 Å². The number of carbonyl (C=O) groups excluding carboxylic acids is 1. The summed E-state index contributed by atoms with van der Waals surface area (Å²) in [6.07, 6.45) is -1.69. The third kappa shape index (κ3) is 2.33. The molecule has 82 valence electrons. The maximum Gasteiger partial charge on any atom is 0.281 e. The van der Waals surface area contributed by atoms with Crippen LogP contribution in [0.5, 0.6) is 5.75 Å². The highest BCUT2D eigenvalue weighted by atomic mass is 127. The highest BCUT2D eigenvalue weighted by Crippen LogP contribution is 2.29. The molecule has 0 aromatic carbocycles. The number of ether oxygens (including phenoxy) is 1. The maximum absolute atomic E-state index is 12.4. The van der Waals surface area contributed by atoms with Crippen molar-refractivity contribution in [3.05, 3.63) is 21.0 Å². The Hall–Kier alpha value is -0.990. The fourth-order valence-corrected chi connectivity index (χ4v) is 1.93. The van der Waals surface area contributed by atoms with Crippen LogP contribution in [0.4, 0.5) is 8.78 Å². The molecule has 0 bridgehead atoms. The molecule has 0 radical (unpaired) electrons. The van der Waals surface area contributed by atoms with E-state index in [9.17, 15) is 13.6 Å². The zero-order valence-electron chi connectivity index (χ0n) is 7.63. The molecule has 0 aliphatic carbocycles. The SMILES string of the molecule is COc1cnc(C(F)F)c(I)c1C(N)=O. The number of amides is 1. The average molecular weight is 328 g/mol. The lowest BCUT2D eigenvalue weighted by Crippen LogP contribution is -2.16. The highest BCUT2D eigenvalue weighted by molar-refractivity contribution is 14.1. The summed E-state index contributed by atoms with van der Waals surface area (Å²) in [5, 5.41) is 0. The zero-order valence-corrected chi connectivity index (χ0v) is 9.79. The summed E-state index contributed by atoms with van der Waals surface area (Å²) in [7, 11) is 1.31. The lowest BCUT2D eigenvalue weighted by molar-refractivity contribution is 0.0995. The molecule has 0 unspecified atom stereocenters. The molecule has 2 N–H and O–H groups in total. The molecule has 1 heterocycles. The third-order valence-electron chi connectivity index (χ3n) is 1.68. The van der Waals surface area contributed by atoms with Gasteiger partial charge in [0.25, 0.3) is 12.3 Å². The first-order valence-corrected chi connectivity index (χ1v) is 4.87. The molecule has 0 atom stereocenters. The van der Waals surface area contributed by atoms with Gasteiger partial charge in [-0.3, -0.25) is 9.78 Å². The van der Waals surface area contributed by atoms with E-state index in [0.29, 0.717) is 0 Å². The second kappa shape index (κ2) is 4.69. The van der Waals surface area contributed by atoms with Crippen molar-refractivity contribution < 1.29 is 18.3 Å². The van der Waals surface area contributed by atoms with E-state index >= 15 is 0 Å². The number of rotatable bonds is 3. The number of hydrogen-bond acceptors (Lipinski definition) is 3. The van der Waals surface area contributed by atoms with Gasteiger partial charge < -0.3 is 10.5 Å². The smallest absolute Gasteiger partial charge is 0.281 e. The maximum atomic E-state index is 12.4. The van der Waals surface area contributed by atoms with Gasteiger partial charge in [-0.05, 0) is 22.6 Å². The Morgan fingerprint density at radius 3 is 2.67 bits per heavy atom. The predicted octanol–water partition coefficient (Wildman–Crippen LogP) is 1.73. The quantitative estimate of drug-likeness (QED) is 0.860. The van der Waals surface area contributed by atoms with Crippen LogP contribution in [0.1, 0.15) is 22.5 Å². The Morgan fingerprint density at radius 1 is 1.67 bits per heavy atom. The standard InChI is InChI=1S/C8H7F2IN2O2/c1-15-3-2-13-6(7(9)10)5(11)4(3)8(12)14/h2,7H,1H3,(H2,12,14). The fraction of sp³-hybridized carbons (Fsp3) is 0.250. The van der Waals surface area contributed by atoms with Crippen molar-refractivity contribution in [1.82, 2.24) is 4.98 Å². The minimum Gasteiger partial charge on any atom is -0.494 e. The predicted molar refractivity (Wildman–Crippen MR) is 57.0 cm³/mol. The molecular formula is C8H7F2IN2O2. The van der Waals surface area contributed by atoms with Gasteiger partial charge in [-0.25, -0.2) is 8.78 Å². The number of halogens is 3. The topological polar surface area (TPSA) is 65.2 Å². The van der Waals surface area contributed by atoms with E-state index in [1.54, 1.807) is 22.6 Å². The van der Waals surface area contributed by atoms with E-state index in [2.05, 4.69) is 4.98 Å². The number of hydrogen-bond donors (Lipinski definition) is 1. The molecule has 1 amide bonds. The van der Waals surface area contributed by atoms with Gasteiger partial charge in [0.15, 0.2) is 5.75 Å². The van der Waals surface area contributed by atoms with Gasteiger partial charge in [0.1, 0.15) is 5.69 Å². The van der Waals surface area contributed by atoms with Crippen LogP contribution in [-0.4, -0.2) is 18.0 Å². The van der Waals surface area contributed by atoms with Gasteiger partial charge in [-0.2, -0.15) is 0 Å². The summed E-state index contributed by atoms with van der Waals surface area (Å²) < 4.78 is 29.7. The van der Waals surface area contributed by atoms with Gasteiger partial charge in [0, 0.05) is 0 Å². The summed E-state index contributed by atoms with van der Waals surface area (Å²) in [6.45, 7) is 0. The molecule has 0 spiro atoms. The monoisotopic (exact) mass is 328 g/mol. The molecule has 0 aliphatic heterocycles. The van der Waals surface area contributed by atoms with Crippen LogP contribution in [0, 0.1) is 3.57 Å². The minimum atomic E-state index is -2.75. The molecule has 7 heteroatoms. The van der Waals surface area contributed by atoms with E-state index in [1.165, 1.54) is 7.11 Å². The first kappa shape index (κ1) is 12.1. The number of primary amides is 1. The first-order chi connectivity index (χ1) is 6.99. The van der Waals surface area contributed by atoms with Crippen molar-refractivity contribution in [2.75, 3.05) is 7.11 Å². The Morgan fingerprint density at radius 2 is 2.27 bits per heavy atom. The van der Waals surface area contributed by atoms with Crippen LogP contribution in [0.25, 0.3) is 0 Å². The lowest BCUT2D eigenvalue weighted by Gasteiger charge is -2.10. The summed E-state index contributed by atoms with van der Waals surface area (Å²) in [5.41, 5.74) is 4.53. The van der Waals surface area contributed by atoms with Crippen molar-refractivity contribution in [1.29, 1.82) is 0 Å². The van der Waals surface area contributed by atoms with Gasteiger partial charge in [0.2, 0.25) is 0 Å².